The van der Waals surface area contributed by atoms with E-state index in [-0.39, 0.29) is 6.07 Å². The molecule has 0 fully saturated rings. The van der Waals surface area contributed by atoms with Crippen LogP contribution in [-0.4, -0.2) is 102 Å². The third-order valence-electron chi connectivity index (χ3n) is 9.21. The molecule has 0 aromatic heterocycles. The smallest absolute Gasteiger partial charge is 0.335 e. The molecule has 0 bridgehead atoms. The fourth-order valence-corrected chi connectivity index (χ4v) is 9.72. The van der Waals surface area contributed by atoms with Crippen LogP contribution in [-0.2, 0) is 50.6 Å². The van der Waals surface area contributed by atoms with Gasteiger partial charge in [-0.05, 0) is 54.6 Å². The Bertz CT molecular complexity index is 4020. The summed E-state index contributed by atoms with van der Waals surface area (Å²) in [6.07, 6.45) is 0. The number of rotatable bonds is 14. The van der Waals surface area contributed by atoms with Crippen molar-refractivity contribution in [2.24, 2.45) is 30.7 Å². The molecule has 6 rings (SSSR count). The van der Waals surface area contributed by atoms with E-state index in [0.717, 1.165) is 24.3 Å². The van der Waals surface area contributed by atoms with Gasteiger partial charge in [0.2, 0.25) is 0 Å². The zero-order valence-corrected chi connectivity index (χ0v) is 37.4. The standard InChI is InChI=1S/C34H22N8O23S5/c35-27-21(11-22(66(51,52)53)18-10-25(69(60,61)62)29(31(44)26(18)27)41-37-19-3-1-15(42(49)50)8-23(19)67(54,55)56)39-38-20-4-2-16-17(32(20)70(63,64)65)9-24(68(57,58)59)28(30(16)43)40-36-14-6-12(33(45)46)5-13(7-14)34(47)48/h1-11,43-44H,35H2,(H,45,46)(H,47,48)(H,51,52,53)(H,54,55,56)(H,57,58,59)(H,60,61,62)(H,63,64,65). The molecule has 31 nitrogen and oxygen atoms in total. The van der Waals surface area contributed by atoms with E-state index in [1.54, 1.807) is 0 Å². The number of aromatic carboxylic acids is 2. The van der Waals surface area contributed by atoms with Crippen LogP contribution >= 0.6 is 0 Å². The van der Waals surface area contributed by atoms with E-state index >= 15 is 0 Å². The molecule has 70 heavy (non-hydrogen) atoms. The lowest BCUT2D eigenvalue weighted by Gasteiger charge is -2.15. The molecular formula is C34H22N8O23S5. The highest BCUT2D eigenvalue weighted by Crippen LogP contribution is 2.50. The van der Waals surface area contributed by atoms with Gasteiger partial charge >= 0.3 is 11.9 Å². The third kappa shape index (κ3) is 10.2. The van der Waals surface area contributed by atoms with Crippen molar-refractivity contribution >= 4 is 130 Å². The molecule has 36 heteroatoms. The summed E-state index contributed by atoms with van der Waals surface area (Å²) in [7, 11) is -27.9. The maximum absolute atomic E-state index is 12.9. The van der Waals surface area contributed by atoms with Crippen LogP contribution in [0.5, 0.6) is 11.5 Å². The van der Waals surface area contributed by atoms with Crippen LogP contribution in [0.25, 0.3) is 21.5 Å². The summed E-state index contributed by atoms with van der Waals surface area (Å²) in [6, 6.07) is 6.17. The van der Waals surface area contributed by atoms with E-state index in [2.05, 4.69) is 30.7 Å². The van der Waals surface area contributed by atoms with Crippen LogP contribution < -0.4 is 5.73 Å². The fourth-order valence-electron chi connectivity index (χ4n) is 6.26. The Morgan fingerprint density at radius 1 is 0.500 bits per heavy atom. The Kier molecular flexibility index (Phi) is 13.0. The number of nitrogens with two attached hydrogens (primary N) is 1. The van der Waals surface area contributed by atoms with Crippen LogP contribution in [0.15, 0.2) is 122 Å². The van der Waals surface area contributed by atoms with E-state index in [1.165, 1.54) is 0 Å². The molecule has 0 saturated carbocycles. The van der Waals surface area contributed by atoms with Gasteiger partial charge in [-0.2, -0.15) is 47.2 Å². The van der Waals surface area contributed by atoms with Crippen molar-refractivity contribution in [3.63, 3.8) is 0 Å². The summed E-state index contributed by atoms with van der Waals surface area (Å²) in [4.78, 5) is 26.2. The van der Waals surface area contributed by atoms with E-state index in [4.69, 9.17) is 5.73 Å². The summed E-state index contributed by atoms with van der Waals surface area (Å²) in [5.41, 5.74) is -3.04. The number of hydrogen-bond donors (Lipinski definition) is 10. The van der Waals surface area contributed by atoms with E-state index in [0.29, 0.717) is 36.4 Å². The Labute approximate surface area is 388 Å². The normalized spacial score (nSPS) is 13.0. The van der Waals surface area contributed by atoms with Gasteiger partial charge < -0.3 is 26.2 Å². The van der Waals surface area contributed by atoms with Crippen molar-refractivity contribution in [3.8, 4) is 11.5 Å². The highest BCUT2D eigenvalue weighted by molar-refractivity contribution is 7.87. The summed E-state index contributed by atoms with van der Waals surface area (Å²) >= 11 is 0. The van der Waals surface area contributed by atoms with Crippen LogP contribution in [0.1, 0.15) is 20.7 Å². The second-order valence-electron chi connectivity index (χ2n) is 13.6. The number of benzene rings is 6. The molecule has 0 saturated heterocycles. The van der Waals surface area contributed by atoms with Gasteiger partial charge in [0.15, 0.2) is 11.5 Å². The topological polar surface area (TPSA) is 530 Å². The summed E-state index contributed by atoms with van der Waals surface area (Å²) in [5.74, 6) is -6.13. The van der Waals surface area contributed by atoms with Crippen molar-refractivity contribution in [1.82, 2.24) is 0 Å². The average molecular weight is 1070 g/mol. The number of non-ortho nitro benzene ring substituents is 1. The molecule has 0 atom stereocenters. The molecule has 0 aliphatic heterocycles. The number of nitrogens with zero attached hydrogens (tertiary/aromatic N) is 7. The minimum absolute atomic E-state index is 0.256. The first-order valence-corrected chi connectivity index (χ1v) is 24.8. The number of nitrogen functional groups attached to an aromatic ring is 1. The number of carboxylic acids is 2. The number of nitro groups is 1. The van der Waals surface area contributed by atoms with Gasteiger partial charge in [-0.15, -0.1) is 25.6 Å². The first kappa shape index (κ1) is 51.3. The van der Waals surface area contributed by atoms with Gasteiger partial charge in [0.1, 0.15) is 52.9 Å². The number of hydrogen-bond acceptors (Lipinski definition) is 23. The molecule has 0 amide bonds. The Hall–Kier alpha value is -8.07. The van der Waals surface area contributed by atoms with Crippen molar-refractivity contribution in [1.29, 1.82) is 0 Å². The molecule has 0 radical (unpaired) electrons. The number of phenols is 2. The number of anilines is 1. The molecule has 11 N–H and O–H groups in total. The van der Waals surface area contributed by atoms with Crippen LogP contribution in [0.4, 0.5) is 45.5 Å². The second-order valence-corrected chi connectivity index (χ2v) is 20.6. The van der Waals surface area contributed by atoms with Gasteiger partial charge in [0.25, 0.3) is 56.3 Å². The van der Waals surface area contributed by atoms with Crippen LogP contribution in [0.2, 0.25) is 0 Å². The predicted octanol–water partition coefficient (Wildman–Crippen LogP) is 5.77. The Balaban J connectivity index is 1.60. The first-order valence-electron chi connectivity index (χ1n) is 17.6. The van der Waals surface area contributed by atoms with Gasteiger partial charge in [-0.25, -0.2) is 9.59 Å². The number of nitro benzene ring substituents is 1. The van der Waals surface area contributed by atoms with Crippen molar-refractivity contribution < 1.29 is 99.8 Å². The highest BCUT2D eigenvalue weighted by Gasteiger charge is 2.31. The van der Waals surface area contributed by atoms with Gasteiger partial charge in [0.05, 0.1) is 32.8 Å². The molecule has 0 aliphatic rings. The molecule has 0 heterocycles. The summed E-state index contributed by atoms with van der Waals surface area (Å²) < 4.78 is 176. The summed E-state index contributed by atoms with van der Waals surface area (Å²) in [6.45, 7) is 0. The molecule has 0 spiro atoms. The number of carbonyl (C=O) groups is 2. The fraction of sp³-hybridized carbons (Fsp3) is 0. The van der Waals surface area contributed by atoms with Crippen LogP contribution in [0, 0.1) is 10.1 Å². The highest BCUT2D eigenvalue weighted by atomic mass is 32.2. The SMILES string of the molecule is Nc1c(N=Nc2ccc3c(O)c(N=Nc4cc(C(=O)O)cc(C(=O)O)c4)c(S(=O)(=O)O)cc3c2S(=O)(=O)O)cc(S(=O)(=O)O)c2cc(S(=O)(=O)O)c(N=Nc3ccc([N+](=O)[O-])cc3S(=O)(=O)O)c(O)c12. The number of azo groups is 3. The number of phenolic OH excluding ortho intramolecular Hbond substituents is 2. The van der Waals surface area contributed by atoms with Gasteiger partial charge in [-0.1, -0.05) is 0 Å². The molecule has 0 unspecified atom stereocenters. The largest absolute Gasteiger partial charge is 0.505 e. The van der Waals surface area contributed by atoms with E-state index < -0.39 is 182 Å². The average Bonchev–Trinajstić information content (AvgIpc) is 3.22. The van der Waals surface area contributed by atoms with Gasteiger partial charge in [-0.3, -0.25) is 32.9 Å². The maximum atomic E-state index is 12.9. The minimum Gasteiger partial charge on any atom is -0.505 e. The Morgan fingerprint density at radius 2 is 0.971 bits per heavy atom. The lowest BCUT2D eigenvalue weighted by Crippen LogP contribution is -2.04. The molecule has 6 aromatic rings. The lowest BCUT2D eigenvalue weighted by atomic mass is 10.0. The zero-order chi connectivity index (χ0) is 52.4. The molecule has 366 valence electrons. The van der Waals surface area contributed by atoms with Crippen molar-refractivity contribution in [2.75, 3.05) is 5.73 Å². The quantitative estimate of drug-likeness (QED) is 0.0203. The van der Waals surface area contributed by atoms with Crippen molar-refractivity contribution in [3.05, 3.63) is 88.0 Å². The second kappa shape index (κ2) is 17.8. The van der Waals surface area contributed by atoms with E-state index in [9.17, 15) is 105 Å². The predicted molar refractivity (Wildman–Crippen MR) is 231 cm³/mol. The molecule has 0 aliphatic carbocycles. The summed E-state index contributed by atoms with van der Waals surface area (Å²) in [5, 5.41) is 69.8. The van der Waals surface area contributed by atoms with Crippen molar-refractivity contribution in [2.45, 2.75) is 24.5 Å². The maximum Gasteiger partial charge on any atom is 0.335 e. The zero-order valence-electron chi connectivity index (χ0n) is 33.3. The lowest BCUT2D eigenvalue weighted by molar-refractivity contribution is -0.385. The van der Waals surface area contributed by atoms with Crippen LogP contribution in [0.3, 0.4) is 0 Å². The first-order chi connectivity index (χ1) is 32.1. The number of fused-ring (bicyclic) bond motifs is 2. The number of aromatic hydroxyl groups is 2. The molecule has 6 aromatic carbocycles. The third-order valence-corrected chi connectivity index (χ3v) is 13.7. The minimum atomic E-state index is -5.70. The molecular weight excluding hydrogens is 1050 g/mol. The number of carboxylic acid groups (broad SMARTS) is 2. The van der Waals surface area contributed by atoms with Gasteiger partial charge in [0, 0.05) is 28.3 Å². The monoisotopic (exact) mass is 1070 g/mol. The van der Waals surface area contributed by atoms with E-state index in [1.807, 2.05) is 0 Å². The Morgan fingerprint density at radius 3 is 1.47 bits per heavy atom.